The molecule has 0 fully saturated rings. The predicted molar refractivity (Wildman–Crippen MR) is 114 cm³/mol. The van der Waals surface area contributed by atoms with E-state index in [1.807, 2.05) is 23.8 Å². The van der Waals surface area contributed by atoms with Crippen LogP contribution in [0, 0.1) is 6.92 Å². The van der Waals surface area contributed by atoms with Crippen LogP contribution in [-0.2, 0) is 7.05 Å². The number of allylic oxidation sites excluding steroid dienone is 3. The molecule has 2 heterocycles. The third kappa shape index (κ3) is 4.83. The molecule has 10 heteroatoms. The van der Waals surface area contributed by atoms with Crippen molar-refractivity contribution in [2.24, 2.45) is 7.05 Å². The van der Waals surface area contributed by atoms with E-state index in [1.54, 1.807) is 32.6 Å². The number of methoxy groups -OCH3 is 1. The lowest BCUT2D eigenvalue weighted by Crippen LogP contribution is -2.16. The first-order valence-electron chi connectivity index (χ1n) is 9.40. The van der Waals surface area contributed by atoms with Gasteiger partial charge in [0.05, 0.1) is 30.4 Å². The van der Waals surface area contributed by atoms with Crippen molar-refractivity contribution in [3.05, 3.63) is 71.8 Å². The molecule has 0 aliphatic carbocycles. The molecule has 0 saturated heterocycles. The zero-order chi connectivity index (χ0) is 23.5. The second-order valence-corrected chi connectivity index (χ2v) is 6.82. The van der Waals surface area contributed by atoms with E-state index in [9.17, 15) is 13.2 Å². The number of halogens is 3. The number of imidazole rings is 1. The van der Waals surface area contributed by atoms with Crippen LogP contribution >= 0.6 is 0 Å². The van der Waals surface area contributed by atoms with E-state index >= 15 is 0 Å². The molecule has 0 saturated carbocycles. The highest BCUT2D eigenvalue weighted by Crippen LogP contribution is 2.31. The molecule has 0 spiro atoms. The monoisotopic (exact) mass is 442 g/mol. The lowest BCUT2D eigenvalue weighted by atomic mass is 10.1. The van der Waals surface area contributed by atoms with Gasteiger partial charge in [0.15, 0.2) is 5.82 Å². The highest BCUT2D eigenvalue weighted by molar-refractivity contribution is 5.64. The van der Waals surface area contributed by atoms with E-state index in [1.165, 1.54) is 11.6 Å². The lowest BCUT2D eigenvalue weighted by Gasteiger charge is -2.12. The van der Waals surface area contributed by atoms with E-state index in [0.29, 0.717) is 17.1 Å². The Balaban J connectivity index is 1.97. The molecule has 0 aliphatic rings. The Morgan fingerprint density at radius 2 is 2.06 bits per heavy atom. The number of nitrogens with zero attached hydrogens (tertiary/aromatic N) is 5. The highest BCUT2D eigenvalue weighted by Gasteiger charge is 2.34. The van der Waals surface area contributed by atoms with E-state index in [-0.39, 0.29) is 11.6 Å². The molecule has 0 unspecified atom stereocenters. The Labute approximate surface area is 182 Å². The summed E-state index contributed by atoms with van der Waals surface area (Å²) in [5, 5.41) is 6.99. The van der Waals surface area contributed by atoms with Crippen molar-refractivity contribution >= 4 is 5.95 Å². The Morgan fingerprint density at radius 3 is 2.66 bits per heavy atom. The van der Waals surface area contributed by atoms with Crippen LogP contribution in [-0.4, -0.2) is 37.6 Å². The number of rotatable bonds is 6. The number of hydrogen-bond acceptors (Lipinski definition) is 5. The van der Waals surface area contributed by atoms with E-state index in [2.05, 4.69) is 38.4 Å². The minimum Gasteiger partial charge on any atom is -0.495 e. The molecule has 1 N–H and O–H groups in total. The van der Waals surface area contributed by atoms with Gasteiger partial charge in [0.25, 0.3) is 0 Å². The van der Waals surface area contributed by atoms with Gasteiger partial charge in [-0.1, -0.05) is 11.5 Å². The average Bonchev–Trinajstić information content (AvgIpc) is 3.32. The van der Waals surface area contributed by atoms with Crippen molar-refractivity contribution in [3.8, 4) is 22.8 Å². The van der Waals surface area contributed by atoms with Crippen molar-refractivity contribution in [1.82, 2.24) is 24.3 Å². The third-order valence-electron chi connectivity index (χ3n) is 4.52. The van der Waals surface area contributed by atoms with Crippen LogP contribution in [0.4, 0.5) is 19.1 Å². The van der Waals surface area contributed by atoms with E-state index in [0.717, 1.165) is 17.5 Å². The zero-order valence-corrected chi connectivity index (χ0v) is 17.9. The van der Waals surface area contributed by atoms with Gasteiger partial charge in [-0.25, -0.2) is 9.67 Å². The van der Waals surface area contributed by atoms with Crippen molar-refractivity contribution in [1.29, 1.82) is 0 Å². The predicted octanol–water partition coefficient (Wildman–Crippen LogP) is 4.73. The molecule has 3 rings (SSSR count). The number of benzene rings is 1. The molecule has 32 heavy (non-hydrogen) atoms. The van der Waals surface area contributed by atoms with Crippen molar-refractivity contribution in [2.75, 3.05) is 12.4 Å². The first-order chi connectivity index (χ1) is 15.1. The molecule has 7 nitrogen and oxygen atoms in total. The quantitative estimate of drug-likeness (QED) is 0.442. The van der Waals surface area contributed by atoms with Gasteiger partial charge in [0.2, 0.25) is 5.95 Å². The first-order valence-corrected chi connectivity index (χ1v) is 9.40. The number of ether oxygens (including phenoxy) is 1. The van der Waals surface area contributed by atoms with Gasteiger partial charge in [-0.3, -0.25) is 0 Å². The van der Waals surface area contributed by atoms with Gasteiger partial charge >= 0.3 is 6.18 Å². The SMILES string of the molecule is C=C=C=C/C(=C(\C)Nc1nc(-c2ccc(-n3cnc(C)c3)c(OC)c2)nn1C)C(F)(F)F. The highest BCUT2D eigenvalue weighted by atomic mass is 19.4. The number of nitrogens with one attached hydrogen (secondary N) is 1. The Kier molecular flexibility index (Phi) is 6.39. The topological polar surface area (TPSA) is 69.8 Å². The molecule has 0 radical (unpaired) electrons. The zero-order valence-electron chi connectivity index (χ0n) is 17.9. The molecule has 0 atom stereocenters. The molecule has 0 bridgehead atoms. The van der Waals surface area contributed by atoms with Crippen LogP contribution in [0.15, 0.2) is 66.1 Å². The number of aromatic nitrogens is 5. The van der Waals surface area contributed by atoms with Gasteiger partial charge in [0.1, 0.15) is 5.75 Å². The fraction of sp³-hybridized carbons (Fsp3) is 0.227. The summed E-state index contributed by atoms with van der Waals surface area (Å²) in [5.41, 5.74) is 5.62. The van der Waals surface area contributed by atoms with Crippen molar-refractivity contribution < 1.29 is 17.9 Å². The molecule has 0 aliphatic heterocycles. The lowest BCUT2D eigenvalue weighted by molar-refractivity contribution is -0.0888. The fourth-order valence-electron chi connectivity index (χ4n) is 2.96. The van der Waals surface area contributed by atoms with Crippen LogP contribution in [0.3, 0.4) is 0 Å². The van der Waals surface area contributed by atoms with Gasteiger partial charge < -0.3 is 14.6 Å². The maximum Gasteiger partial charge on any atom is 0.418 e. The van der Waals surface area contributed by atoms with Gasteiger partial charge in [-0.05, 0) is 38.6 Å². The van der Waals surface area contributed by atoms with Crippen LogP contribution < -0.4 is 10.1 Å². The summed E-state index contributed by atoms with van der Waals surface area (Å²) < 4.78 is 48.7. The summed E-state index contributed by atoms with van der Waals surface area (Å²) in [6, 6.07) is 5.39. The maximum atomic E-state index is 13.3. The fourth-order valence-corrected chi connectivity index (χ4v) is 2.96. The minimum atomic E-state index is -4.59. The summed E-state index contributed by atoms with van der Waals surface area (Å²) in [7, 11) is 3.13. The van der Waals surface area contributed by atoms with E-state index in [4.69, 9.17) is 4.74 Å². The number of hydrogen-bond donors (Lipinski definition) is 1. The van der Waals surface area contributed by atoms with Crippen LogP contribution in [0.5, 0.6) is 5.75 Å². The summed E-state index contributed by atoms with van der Waals surface area (Å²) in [5.74, 6) is 1.03. The van der Waals surface area contributed by atoms with Crippen LogP contribution in [0.1, 0.15) is 12.6 Å². The second-order valence-electron chi connectivity index (χ2n) is 6.82. The van der Waals surface area contributed by atoms with Crippen LogP contribution in [0.2, 0.25) is 0 Å². The Bertz CT molecular complexity index is 1250. The summed E-state index contributed by atoms with van der Waals surface area (Å²) in [6.45, 7) is 6.41. The maximum absolute atomic E-state index is 13.3. The largest absolute Gasteiger partial charge is 0.495 e. The van der Waals surface area contributed by atoms with Gasteiger partial charge in [-0.15, -0.1) is 5.10 Å². The Hall–Kier alpha value is -4.00. The third-order valence-corrected chi connectivity index (χ3v) is 4.52. The average molecular weight is 442 g/mol. The van der Waals surface area contributed by atoms with Crippen molar-refractivity contribution in [2.45, 2.75) is 20.0 Å². The number of aryl methyl sites for hydroxylation is 2. The molecule has 3 aromatic rings. The molecule has 0 amide bonds. The van der Waals surface area contributed by atoms with E-state index < -0.39 is 11.7 Å². The number of anilines is 1. The second kappa shape index (κ2) is 9.01. The molecule has 166 valence electrons. The number of alkyl halides is 3. The molecule has 2 aromatic heterocycles. The standard InChI is InChI=1S/C22H21F3N6O/c1-6-7-8-17(22(23,24)25)15(3)27-21-28-20(29-30(21)4)16-9-10-18(19(11-16)32-5)31-12-14(2)26-13-31/h8-13H,1H2,2-5H3,(H,27,28,29)/b17-15-. The minimum absolute atomic E-state index is 0.142. The van der Waals surface area contributed by atoms with Gasteiger partial charge in [0, 0.05) is 30.6 Å². The smallest absolute Gasteiger partial charge is 0.418 e. The summed E-state index contributed by atoms with van der Waals surface area (Å²) in [6.07, 6.45) is -0.273. The summed E-state index contributed by atoms with van der Waals surface area (Å²) in [4.78, 5) is 8.56. The first kappa shape index (κ1) is 22.7. The Morgan fingerprint density at radius 1 is 1.31 bits per heavy atom. The molecule has 1 aromatic carbocycles. The van der Waals surface area contributed by atoms with Gasteiger partial charge in [-0.2, -0.15) is 18.2 Å². The summed E-state index contributed by atoms with van der Waals surface area (Å²) >= 11 is 0. The molecular weight excluding hydrogens is 421 g/mol. The van der Waals surface area contributed by atoms with Crippen LogP contribution in [0.25, 0.3) is 17.1 Å². The molecular formula is C22H21F3N6O. The normalized spacial score (nSPS) is 12.0. The van der Waals surface area contributed by atoms with Crippen molar-refractivity contribution in [3.63, 3.8) is 0 Å².